The predicted octanol–water partition coefficient (Wildman–Crippen LogP) is 4.03. The van der Waals surface area contributed by atoms with E-state index >= 15 is 0 Å². The fourth-order valence-corrected chi connectivity index (χ4v) is 2.67. The number of anilines is 1. The Morgan fingerprint density at radius 1 is 1.35 bits per heavy atom. The second-order valence-corrected chi connectivity index (χ2v) is 5.79. The van der Waals surface area contributed by atoms with Crippen LogP contribution in [0.2, 0.25) is 0 Å². The zero-order valence-corrected chi connectivity index (χ0v) is 15.4. The number of rotatable bonds is 10. The van der Waals surface area contributed by atoms with Crippen molar-refractivity contribution < 1.29 is 14.3 Å². The van der Waals surface area contributed by atoms with Crippen molar-refractivity contribution in [2.24, 2.45) is 0 Å². The highest BCUT2D eigenvalue weighted by atomic mass is 35.5. The standard InChI is InChI=1S/C18H28ClNO3/c1-5-7-11-23-16-10-8-9-15(6-2)18(16)20(17(21)12-19)14(3)13-22-4/h8-10,14H,5-7,11-13H2,1-4H3. The van der Waals surface area contributed by atoms with E-state index in [0.717, 1.165) is 36.3 Å². The van der Waals surface area contributed by atoms with Crippen LogP contribution in [0, 0.1) is 0 Å². The molecule has 0 spiro atoms. The van der Waals surface area contributed by atoms with Crippen molar-refractivity contribution in [1.82, 2.24) is 0 Å². The Bertz CT molecular complexity index is 493. The summed E-state index contributed by atoms with van der Waals surface area (Å²) >= 11 is 5.84. The summed E-state index contributed by atoms with van der Waals surface area (Å²) < 4.78 is 11.2. The number of alkyl halides is 1. The number of methoxy groups -OCH3 is 1. The Hall–Kier alpha value is -1.26. The maximum absolute atomic E-state index is 12.5. The lowest BCUT2D eigenvalue weighted by molar-refractivity contribution is -0.116. The summed E-state index contributed by atoms with van der Waals surface area (Å²) in [5.74, 6) is 0.525. The number of halogens is 1. The van der Waals surface area contributed by atoms with Crippen molar-refractivity contribution in [2.75, 3.05) is 31.1 Å². The highest BCUT2D eigenvalue weighted by Crippen LogP contribution is 2.34. The van der Waals surface area contributed by atoms with Gasteiger partial charge in [-0.2, -0.15) is 0 Å². The number of para-hydroxylation sites is 1. The first-order chi connectivity index (χ1) is 11.1. The van der Waals surface area contributed by atoms with Crippen molar-refractivity contribution in [3.8, 4) is 5.75 Å². The SMILES string of the molecule is CCCCOc1cccc(CC)c1N(C(=O)CCl)C(C)COC. The van der Waals surface area contributed by atoms with Crippen LogP contribution in [0.1, 0.15) is 39.2 Å². The fraction of sp³-hybridized carbons (Fsp3) is 0.611. The van der Waals surface area contributed by atoms with E-state index in [2.05, 4.69) is 13.8 Å². The molecule has 0 aliphatic carbocycles. The lowest BCUT2D eigenvalue weighted by atomic mass is 10.1. The summed E-state index contributed by atoms with van der Waals surface area (Å²) in [6.45, 7) is 7.22. The average Bonchev–Trinajstić information content (AvgIpc) is 2.56. The number of amides is 1. The highest BCUT2D eigenvalue weighted by Gasteiger charge is 2.26. The topological polar surface area (TPSA) is 38.8 Å². The van der Waals surface area contributed by atoms with Crippen LogP contribution < -0.4 is 9.64 Å². The largest absolute Gasteiger partial charge is 0.491 e. The maximum Gasteiger partial charge on any atom is 0.242 e. The van der Waals surface area contributed by atoms with Gasteiger partial charge in [-0.05, 0) is 31.4 Å². The highest BCUT2D eigenvalue weighted by molar-refractivity contribution is 6.29. The molecular weight excluding hydrogens is 314 g/mol. The van der Waals surface area contributed by atoms with Gasteiger partial charge in [-0.1, -0.05) is 32.4 Å². The van der Waals surface area contributed by atoms with Crippen LogP contribution in [0.5, 0.6) is 5.75 Å². The number of unbranched alkanes of at least 4 members (excludes halogenated alkanes) is 1. The third-order valence-corrected chi connectivity index (χ3v) is 3.92. The number of benzene rings is 1. The molecule has 0 radical (unpaired) electrons. The molecule has 1 unspecified atom stereocenters. The number of ether oxygens (including phenoxy) is 2. The molecule has 4 nitrogen and oxygen atoms in total. The summed E-state index contributed by atoms with van der Waals surface area (Å²) in [5.41, 5.74) is 1.89. The second-order valence-electron chi connectivity index (χ2n) is 5.52. The van der Waals surface area contributed by atoms with Crippen molar-refractivity contribution in [2.45, 2.75) is 46.1 Å². The van der Waals surface area contributed by atoms with Crippen molar-refractivity contribution in [3.63, 3.8) is 0 Å². The Balaban J connectivity index is 3.27. The predicted molar refractivity (Wildman–Crippen MR) is 95.8 cm³/mol. The number of aryl methyl sites for hydroxylation is 1. The number of carbonyl (C=O) groups excluding carboxylic acids is 1. The minimum absolute atomic E-state index is 0.0689. The van der Waals surface area contributed by atoms with E-state index in [1.807, 2.05) is 25.1 Å². The normalized spacial score (nSPS) is 12.0. The first kappa shape index (κ1) is 19.8. The van der Waals surface area contributed by atoms with Crippen LogP contribution in [0.4, 0.5) is 5.69 Å². The monoisotopic (exact) mass is 341 g/mol. The molecule has 0 aliphatic heterocycles. The third-order valence-electron chi connectivity index (χ3n) is 3.69. The molecule has 0 bridgehead atoms. The second kappa shape index (κ2) is 10.5. The molecular formula is C18H28ClNO3. The van der Waals surface area contributed by atoms with Gasteiger partial charge < -0.3 is 14.4 Å². The Labute approximate surface area is 144 Å². The zero-order valence-electron chi connectivity index (χ0n) is 14.6. The Kier molecular flexibility index (Phi) is 9.03. The minimum atomic E-state index is -0.141. The van der Waals surface area contributed by atoms with E-state index in [-0.39, 0.29) is 17.8 Å². The molecule has 5 heteroatoms. The number of carbonyl (C=O) groups is 1. The summed E-state index contributed by atoms with van der Waals surface area (Å²) in [6, 6.07) is 5.79. The van der Waals surface area contributed by atoms with E-state index in [4.69, 9.17) is 21.1 Å². The van der Waals surface area contributed by atoms with Gasteiger partial charge in [0.05, 0.1) is 24.9 Å². The van der Waals surface area contributed by atoms with Crippen LogP contribution in [0.3, 0.4) is 0 Å². The van der Waals surface area contributed by atoms with E-state index in [1.165, 1.54) is 0 Å². The Morgan fingerprint density at radius 3 is 2.65 bits per heavy atom. The van der Waals surface area contributed by atoms with E-state index in [0.29, 0.717) is 13.2 Å². The molecule has 130 valence electrons. The van der Waals surface area contributed by atoms with Gasteiger partial charge in [0.15, 0.2) is 0 Å². The third kappa shape index (κ3) is 5.40. The number of hydrogen-bond donors (Lipinski definition) is 0. The van der Waals surface area contributed by atoms with Gasteiger partial charge in [-0.15, -0.1) is 11.6 Å². The Morgan fingerprint density at radius 2 is 2.09 bits per heavy atom. The van der Waals surface area contributed by atoms with Gasteiger partial charge in [0.2, 0.25) is 5.91 Å². The molecule has 1 atom stereocenters. The molecule has 0 fully saturated rings. The summed E-state index contributed by atoms with van der Waals surface area (Å²) in [7, 11) is 1.63. The van der Waals surface area contributed by atoms with E-state index in [1.54, 1.807) is 12.0 Å². The molecule has 0 heterocycles. The van der Waals surface area contributed by atoms with Gasteiger partial charge in [0.25, 0.3) is 0 Å². The van der Waals surface area contributed by atoms with Crippen molar-refractivity contribution >= 4 is 23.2 Å². The fourth-order valence-electron chi connectivity index (χ4n) is 2.54. The minimum Gasteiger partial charge on any atom is -0.491 e. The van der Waals surface area contributed by atoms with Crippen LogP contribution in [0.25, 0.3) is 0 Å². The zero-order chi connectivity index (χ0) is 17.2. The average molecular weight is 342 g/mol. The molecule has 0 aliphatic rings. The first-order valence-electron chi connectivity index (χ1n) is 8.22. The maximum atomic E-state index is 12.5. The molecule has 0 aromatic heterocycles. The van der Waals surface area contributed by atoms with Gasteiger partial charge in [0, 0.05) is 7.11 Å². The first-order valence-corrected chi connectivity index (χ1v) is 8.75. The van der Waals surface area contributed by atoms with Crippen molar-refractivity contribution in [1.29, 1.82) is 0 Å². The summed E-state index contributed by atoms with van der Waals surface area (Å²) in [6.07, 6.45) is 2.85. The molecule has 0 saturated carbocycles. The lowest BCUT2D eigenvalue weighted by Crippen LogP contribution is -2.42. The van der Waals surface area contributed by atoms with Gasteiger partial charge >= 0.3 is 0 Å². The smallest absolute Gasteiger partial charge is 0.242 e. The van der Waals surface area contributed by atoms with Crippen LogP contribution in [0.15, 0.2) is 18.2 Å². The van der Waals surface area contributed by atoms with Crippen LogP contribution in [-0.4, -0.2) is 38.2 Å². The molecule has 1 amide bonds. The van der Waals surface area contributed by atoms with Crippen molar-refractivity contribution in [3.05, 3.63) is 23.8 Å². The molecule has 0 N–H and O–H groups in total. The van der Waals surface area contributed by atoms with Gasteiger partial charge in [0.1, 0.15) is 11.6 Å². The van der Waals surface area contributed by atoms with Gasteiger partial charge in [-0.25, -0.2) is 0 Å². The number of nitrogens with zero attached hydrogens (tertiary/aromatic N) is 1. The van der Waals surface area contributed by atoms with Crippen LogP contribution in [-0.2, 0) is 16.0 Å². The molecule has 23 heavy (non-hydrogen) atoms. The lowest BCUT2D eigenvalue weighted by Gasteiger charge is -2.31. The molecule has 1 aromatic carbocycles. The number of hydrogen-bond acceptors (Lipinski definition) is 3. The van der Waals surface area contributed by atoms with Gasteiger partial charge in [-0.3, -0.25) is 4.79 Å². The molecule has 0 saturated heterocycles. The summed E-state index contributed by atoms with van der Waals surface area (Å²) in [4.78, 5) is 14.2. The van der Waals surface area contributed by atoms with Crippen LogP contribution >= 0.6 is 11.6 Å². The van der Waals surface area contributed by atoms with E-state index in [9.17, 15) is 4.79 Å². The molecule has 1 rings (SSSR count). The van der Waals surface area contributed by atoms with E-state index < -0.39 is 0 Å². The summed E-state index contributed by atoms with van der Waals surface area (Å²) in [5, 5.41) is 0. The quantitative estimate of drug-likeness (QED) is 0.476. The molecule has 1 aromatic rings.